The number of nitriles is 1. The molecule has 0 aliphatic rings. The first kappa shape index (κ1) is 18.0. The van der Waals surface area contributed by atoms with Crippen molar-refractivity contribution in [3.63, 3.8) is 0 Å². The molecule has 0 unspecified atom stereocenters. The third-order valence-corrected chi connectivity index (χ3v) is 3.40. The van der Waals surface area contributed by atoms with E-state index in [0.29, 0.717) is 12.1 Å². The molecule has 2 rings (SSSR count). The third kappa shape index (κ3) is 5.96. The van der Waals surface area contributed by atoms with Gasteiger partial charge in [-0.05, 0) is 24.1 Å². The number of ether oxygens (including phenoxy) is 1. The molecule has 1 N–H and O–H groups in total. The smallest absolute Gasteiger partial charge is 0.349 e. The minimum Gasteiger partial charge on any atom is -0.451 e. The monoisotopic (exact) mass is 334 g/mol. The molecular formula is C20H18N2O3. The van der Waals surface area contributed by atoms with Gasteiger partial charge in [-0.1, -0.05) is 60.2 Å². The molecule has 0 bridgehead atoms. The van der Waals surface area contributed by atoms with Crippen LogP contribution in [-0.2, 0) is 20.9 Å². The van der Waals surface area contributed by atoms with Crippen molar-refractivity contribution >= 4 is 18.0 Å². The molecule has 0 radical (unpaired) electrons. The highest BCUT2D eigenvalue weighted by Gasteiger charge is 2.13. The minimum atomic E-state index is -0.821. The van der Waals surface area contributed by atoms with E-state index in [4.69, 9.17) is 10.00 Å². The van der Waals surface area contributed by atoms with Crippen LogP contribution in [0.4, 0.5) is 0 Å². The molecule has 5 nitrogen and oxygen atoms in total. The summed E-state index contributed by atoms with van der Waals surface area (Å²) in [7, 11) is 0. The van der Waals surface area contributed by atoms with Crippen molar-refractivity contribution in [3.8, 4) is 6.07 Å². The van der Waals surface area contributed by atoms with Crippen LogP contribution in [0, 0.1) is 18.3 Å². The highest BCUT2D eigenvalue weighted by atomic mass is 16.5. The van der Waals surface area contributed by atoms with Gasteiger partial charge >= 0.3 is 5.97 Å². The first-order chi connectivity index (χ1) is 12.1. The molecule has 2 aromatic carbocycles. The minimum absolute atomic E-state index is 0.153. The lowest BCUT2D eigenvalue weighted by molar-refractivity contribution is -0.144. The van der Waals surface area contributed by atoms with E-state index in [0.717, 1.165) is 11.1 Å². The Balaban J connectivity index is 1.86. The van der Waals surface area contributed by atoms with Gasteiger partial charge in [0.25, 0.3) is 5.91 Å². The topological polar surface area (TPSA) is 79.2 Å². The van der Waals surface area contributed by atoms with Crippen LogP contribution < -0.4 is 5.32 Å². The Labute approximate surface area is 146 Å². The van der Waals surface area contributed by atoms with Gasteiger partial charge in [0.15, 0.2) is 6.61 Å². The average Bonchev–Trinajstić information content (AvgIpc) is 2.64. The van der Waals surface area contributed by atoms with Gasteiger partial charge in [-0.15, -0.1) is 0 Å². The van der Waals surface area contributed by atoms with Crippen LogP contribution in [0.3, 0.4) is 0 Å². The summed E-state index contributed by atoms with van der Waals surface area (Å²) in [4.78, 5) is 23.7. The molecule has 1 amide bonds. The molecule has 0 fully saturated rings. The predicted octanol–water partition coefficient (Wildman–Crippen LogP) is 2.76. The summed E-state index contributed by atoms with van der Waals surface area (Å²) in [5.41, 5.74) is 2.58. The summed E-state index contributed by atoms with van der Waals surface area (Å²) in [6, 6.07) is 18.5. The number of esters is 1. The van der Waals surface area contributed by atoms with E-state index in [1.165, 1.54) is 6.08 Å². The van der Waals surface area contributed by atoms with Crippen LogP contribution in [0.25, 0.3) is 6.08 Å². The largest absolute Gasteiger partial charge is 0.451 e. The molecule has 0 aliphatic heterocycles. The second-order valence-electron chi connectivity index (χ2n) is 5.42. The Morgan fingerprint density at radius 3 is 2.44 bits per heavy atom. The molecular weight excluding hydrogens is 316 g/mol. The van der Waals surface area contributed by atoms with Gasteiger partial charge in [0.05, 0.1) is 0 Å². The number of carbonyl (C=O) groups excluding carboxylic acids is 2. The van der Waals surface area contributed by atoms with Gasteiger partial charge in [-0.3, -0.25) is 4.79 Å². The van der Waals surface area contributed by atoms with Crippen LogP contribution in [0.1, 0.15) is 16.7 Å². The first-order valence-electron chi connectivity index (χ1n) is 7.74. The van der Waals surface area contributed by atoms with Gasteiger partial charge in [0.1, 0.15) is 11.6 Å². The van der Waals surface area contributed by atoms with E-state index in [-0.39, 0.29) is 5.57 Å². The highest BCUT2D eigenvalue weighted by Crippen LogP contribution is 2.09. The molecule has 0 saturated heterocycles. The van der Waals surface area contributed by atoms with E-state index in [9.17, 15) is 9.59 Å². The van der Waals surface area contributed by atoms with Crippen LogP contribution in [0.5, 0.6) is 0 Å². The van der Waals surface area contributed by atoms with Crippen molar-refractivity contribution in [2.45, 2.75) is 13.5 Å². The molecule has 2 aromatic rings. The second kappa shape index (κ2) is 9.04. The second-order valence-corrected chi connectivity index (χ2v) is 5.42. The Morgan fingerprint density at radius 2 is 1.80 bits per heavy atom. The van der Waals surface area contributed by atoms with Crippen molar-refractivity contribution in [3.05, 3.63) is 76.9 Å². The maximum atomic E-state index is 11.9. The lowest BCUT2D eigenvalue weighted by atomic mass is 10.1. The number of carbonyl (C=O) groups is 2. The number of nitrogens with one attached hydrogen (secondary N) is 1. The van der Waals surface area contributed by atoms with E-state index in [2.05, 4.69) is 5.32 Å². The van der Waals surface area contributed by atoms with Crippen molar-refractivity contribution in [1.29, 1.82) is 5.26 Å². The number of benzene rings is 2. The maximum Gasteiger partial charge on any atom is 0.349 e. The number of amides is 1. The predicted molar refractivity (Wildman–Crippen MR) is 94.0 cm³/mol. The molecule has 5 heteroatoms. The van der Waals surface area contributed by atoms with Gasteiger partial charge in [0.2, 0.25) is 0 Å². The Bertz CT molecular complexity index is 803. The van der Waals surface area contributed by atoms with Crippen LogP contribution in [-0.4, -0.2) is 18.5 Å². The molecule has 0 atom stereocenters. The number of aryl methyl sites for hydroxylation is 1. The lowest BCUT2D eigenvalue weighted by Gasteiger charge is -2.06. The van der Waals surface area contributed by atoms with Crippen LogP contribution in [0.15, 0.2) is 60.2 Å². The van der Waals surface area contributed by atoms with Crippen LogP contribution in [0.2, 0.25) is 0 Å². The molecule has 0 aliphatic carbocycles. The molecule has 25 heavy (non-hydrogen) atoms. The zero-order valence-corrected chi connectivity index (χ0v) is 13.9. The van der Waals surface area contributed by atoms with Gasteiger partial charge in [0, 0.05) is 6.54 Å². The van der Waals surface area contributed by atoms with Crippen LogP contribution >= 0.6 is 0 Å². The molecule has 0 heterocycles. The van der Waals surface area contributed by atoms with E-state index < -0.39 is 18.5 Å². The number of rotatable bonds is 6. The van der Waals surface area contributed by atoms with Crippen molar-refractivity contribution in [2.24, 2.45) is 0 Å². The van der Waals surface area contributed by atoms with E-state index in [1.807, 2.05) is 49.4 Å². The summed E-state index contributed by atoms with van der Waals surface area (Å²) in [6.07, 6.45) is 1.43. The van der Waals surface area contributed by atoms with Crippen molar-refractivity contribution in [1.82, 2.24) is 5.32 Å². The van der Waals surface area contributed by atoms with Gasteiger partial charge in [-0.25, -0.2) is 4.79 Å². The number of hydrogen-bond donors (Lipinski definition) is 1. The number of hydrogen-bond acceptors (Lipinski definition) is 4. The summed E-state index contributed by atoms with van der Waals surface area (Å²) in [5.74, 6) is -1.25. The summed E-state index contributed by atoms with van der Waals surface area (Å²) >= 11 is 0. The average molecular weight is 334 g/mol. The molecule has 126 valence electrons. The Hall–Kier alpha value is -3.39. The van der Waals surface area contributed by atoms with Crippen molar-refractivity contribution < 1.29 is 14.3 Å². The van der Waals surface area contributed by atoms with Gasteiger partial charge in [-0.2, -0.15) is 5.26 Å². The molecule has 0 spiro atoms. The van der Waals surface area contributed by atoms with E-state index in [1.54, 1.807) is 18.2 Å². The zero-order chi connectivity index (χ0) is 18.1. The maximum absolute atomic E-state index is 11.9. The SMILES string of the molecule is Cc1ccc(/C=C(\C#N)C(=O)OCC(=O)NCc2ccccc2)cc1. The van der Waals surface area contributed by atoms with Gasteiger partial charge < -0.3 is 10.1 Å². The molecule has 0 saturated carbocycles. The summed E-state index contributed by atoms with van der Waals surface area (Å²) in [6.45, 7) is 1.86. The number of nitrogens with zero attached hydrogens (tertiary/aromatic N) is 1. The van der Waals surface area contributed by atoms with Crippen molar-refractivity contribution in [2.75, 3.05) is 6.61 Å². The zero-order valence-electron chi connectivity index (χ0n) is 13.9. The standard InChI is InChI=1S/C20H18N2O3/c1-15-7-9-16(10-8-15)11-18(12-21)20(24)25-14-19(23)22-13-17-5-3-2-4-6-17/h2-11H,13-14H2,1H3,(H,22,23)/b18-11+. The Morgan fingerprint density at radius 1 is 1.12 bits per heavy atom. The van der Waals surface area contributed by atoms with E-state index >= 15 is 0 Å². The normalized spacial score (nSPS) is 10.6. The Kier molecular flexibility index (Phi) is 6.49. The fourth-order valence-electron chi connectivity index (χ4n) is 2.02. The fourth-order valence-corrected chi connectivity index (χ4v) is 2.02. The summed E-state index contributed by atoms with van der Waals surface area (Å²) < 4.78 is 4.90. The fraction of sp³-hybridized carbons (Fsp3) is 0.150. The lowest BCUT2D eigenvalue weighted by Crippen LogP contribution is -2.28. The third-order valence-electron chi connectivity index (χ3n) is 3.40. The quantitative estimate of drug-likeness (QED) is 0.500. The highest BCUT2D eigenvalue weighted by molar-refractivity contribution is 5.98. The molecule has 0 aromatic heterocycles. The first-order valence-corrected chi connectivity index (χ1v) is 7.74. The summed E-state index contributed by atoms with van der Waals surface area (Å²) in [5, 5.41) is 11.8.